The van der Waals surface area contributed by atoms with Crippen molar-refractivity contribution >= 4 is 32.2 Å². The van der Waals surface area contributed by atoms with Crippen LogP contribution in [-0.2, 0) is 20.8 Å². The summed E-state index contributed by atoms with van der Waals surface area (Å²) in [4.78, 5) is 16.2. The Labute approximate surface area is 145 Å². The maximum atomic E-state index is 12.8. The van der Waals surface area contributed by atoms with Gasteiger partial charge < -0.3 is 5.32 Å². The van der Waals surface area contributed by atoms with Crippen LogP contribution in [0.5, 0.6) is 0 Å². The van der Waals surface area contributed by atoms with E-state index in [9.17, 15) is 26.4 Å². The van der Waals surface area contributed by atoms with Crippen molar-refractivity contribution in [2.75, 3.05) is 16.8 Å². The van der Waals surface area contributed by atoms with E-state index in [4.69, 9.17) is 0 Å². The van der Waals surface area contributed by atoms with E-state index in [2.05, 4.69) is 10.3 Å². The molecule has 1 N–H and O–H groups in total. The average Bonchev–Trinajstić information content (AvgIpc) is 3.13. The molecule has 0 bridgehead atoms. The summed E-state index contributed by atoms with van der Waals surface area (Å²) in [6, 6.07) is 4.75. The predicted molar refractivity (Wildman–Crippen MR) is 87.9 cm³/mol. The number of amides is 1. The number of aromatic nitrogens is 1. The van der Waals surface area contributed by atoms with Crippen LogP contribution in [0.2, 0.25) is 0 Å². The second-order valence-corrected chi connectivity index (χ2v) is 8.79. The van der Waals surface area contributed by atoms with Crippen molar-refractivity contribution in [2.45, 2.75) is 12.6 Å². The van der Waals surface area contributed by atoms with Gasteiger partial charge in [-0.15, -0.1) is 11.3 Å². The van der Waals surface area contributed by atoms with E-state index in [-0.39, 0.29) is 28.6 Å². The predicted octanol–water partition coefficient (Wildman–Crippen LogP) is 3.20. The molecule has 0 radical (unpaired) electrons. The molecule has 1 aromatic heterocycles. The van der Waals surface area contributed by atoms with Crippen molar-refractivity contribution in [1.82, 2.24) is 4.98 Å². The summed E-state index contributed by atoms with van der Waals surface area (Å²) in [7, 11) is -3.17. The summed E-state index contributed by atoms with van der Waals surface area (Å²) in [5, 5.41) is 4.30. The molecule has 5 nitrogen and oxygen atoms in total. The van der Waals surface area contributed by atoms with Crippen molar-refractivity contribution in [3.05, 3.63) is 35.2 Å². The lowest BCUT2D eigenvalue weighted by atomic mass is 10.1. The van der Waals surface area contributed by atoms with Crippen molar-refractivity contribution < 1.29 is 26.4 Å². The third-order valence-corrected chi connectivity index (χ3v) is 6.35. The molecule has 1 aromatic carbocycles. The highest BCUT2D eigenvalue weighted by atomic mass is 32.2. The summed E-state index contributed by atoms with van der Waals surface area (Å²) < 4.78 is 61.1. The first-order valence-corrected chi connectivity index (χ1v) is 9.99. The van der Waals surface area contributed by atoms with Crippen LogP contribution in [-0.4, -0.2) is 30.8 Å². The number of carbonyl (C=O) groups excluding carboxylic acids is 1. The maximum Gasteiger partial charge on any atom is 0.416 e. The van der Waals surface area contributed by atoms with Crippen molar-refractivity contribution in [2.24, 2.45) is 5.92 Å². The molecule has 10 heteroatoms. The minimum atomic E-state index is -4.45. The van der Waals surface area contributed by atoms with Gasteiger partial charge in [-0.1, -0.05) is 12.1 Å². The number of sulfone groups is 1. The topological polar surface area (TPSA) is 76.1 Å². The Balaban J connectivity index is 1.74. The van der Waals surface area contributed by atoms with E-state index in [1.165, 1.54) is 17.5 Å². The van der Waals surface area contributed by atoms with Crippen LogP contribution in [0, 0.1) is 5.92 Å². The quantitative estimate of drug-likeness (QED) is 0.873. The molecule has 0 aliphatic carbocycles. The first kappa shape index (κ1) is 17.9. The molecule has 1 amide bonds. The third-order valence-electron chi connectivity index (χ3n) is 3.82. The van der Waals surface area contributed by atoms with Gasteiger partial charge in [0.2, 0.25) is 5.91 Å². The van der Waals surface area contributed by atoms with E-state index in [0.29, 0.717) is 5.69 Å². The van der Waals surface area contributed by atoms with E-state index >= 15 is 0 Å². The van der Waals surface area contributed by atoms with Gasteiger partial charge in [-0.25, -0.2) is 13.4 Å². The number of nitrogens with one attached hydrogen (secondary N) is 1. The number of hydrogen-bond acceptors (Lipinski definition) is 5. The molecule has 1 saturated heterocycles. The monoisotopic (exact) mass is 390 g/mol. The number of benzene rings is 1. The fourth-order valence-electron chi connectivity index (χ4n) is 2.53. The first-order chi connectivity index (χ1) is 11.6. The summed E-state index contributed by atoms with van der Waals surface area (Å²) in [5.41, 5.74) is -0.180. The molecular weight excluding hydrogens is 377 g/mol. The van der Waals surface area contributed by atoms with E-state index in [1.54, 1.807) is 0 Å². The van der Waals surface area contributed by atoms with Crippen molar-refractivity contribution in [3.63, 3.8) is 0 Å². The van der Waals surface area contributed by atoms with Gasteiger partial charge in [0, 0.05) is 10.9 Å². The molecule has 1 atom stereocenters. The van der Waals surface area contributed by atoms with Crippen LogP contribution >= 0.6 is 11.3 Å². The van der Waals surface area contributed by atoms with Gasteiger partial charge in [0.15, 0.2) is 15.0 Å². The second-order valence-electron chi connectivity index (χ2n) is 5.71. The number of nitrogens with zero attached hydrogens (tertiary/aromatic N) is 1. The van der Waals surface area contributed by atoms with Gasteiger partial charge >= 0.3 is 6.18 Å². The Morgan fingerprint density at radius 2 is 2.08 bits per heavy atom. The van der Waals surface area contributed by atoms with E-state index in [1.807, 2.05) is 0 Å². The number of alkyl halides is 3. The fourth-order valence-corrected chi connectivity index (χ4v) is 4.99. The molecule has 1 aliphatic rings. The largest absolute Gasteiger partial charge is 0.416 e. The molecule has 1 fully saturated rings. The highest BCUT2D eigenvalue weighted by molar-refractivity contribution is 7.91. The zero-order valence-corrected chi connectivity index (χ0v) is 14.3. The minimum Gasteiger partial charge on any atom is -0.302 e. The van der Waals surface area contributed by atoms with Gasteiger partial charge in [0.1, 0.15) is 0 Å². The Morgan fingerprint density at radius 1 is 1.32 bits per heavy atom. The lowest BCUT2D eigenvalue weighted by molar-refractivity contribution is -0.137. The first-order valence-electron chi connectivity index (χ1n) is 7.28. The van der Waals surface area contributed by atoms with Gasteiger partial charge in [-0.3, -0.25) is 4.79 Å². The third kappa shape index (κ3) is 4.18. The summed E-state index contributed by atoms with van der Waals surface area (Å²) in [5.74, 6) is -1.26. The Kier molecular flexibility index (Phi) is 4.58. The summed E-state index contributed by atoms with van der Waals surface area (Å²) in [6.07, 6.45) is -4.18. The molecule has 2 aromatic rings. The minimum absolute atomic E-state index is 0.0154. The van der Waals surface area contributed by atoms with Gasteiger partial charge in [0.05, 0.1) is 28.7 Å². The van der Waals surface area contributed by atoms with Crippen LogP contribution in [0.4, 0.5) is 18.3 Å². The van der Waals surface area contributed by atoms with Crippen LogP contribution in [0.1, 0.15) is 12.0 Å². The number of anilines is 1. The zero-order chi connectivity index (χ0) is 18.2. The molecule has 25 heavy (non-hydrogen) atoms. The lowest BCUT2D eigenvalue weighted by Crippen LogP contribution is -2.23. The maximum absolute atomic E-state index is 12.8. The summed E-state index contributed by atoms with van der Waals surface area (Å²) in [6.45, 7) is 0. The Bertz CT molecular complexity index is 907. The molecule has 0 spiro atoms. The van der Waals surface area contributed by atoms with Crippen LogP contribution in [0.3, 0.4) is 0 Å². The number of carbonyl (C=O) groups is 1. The number of thiazole rings is 1. The van der Waals surface area contributed by atoms with Crippen LogP contribution < -0.4 is 5.32 Å². The zero-order valence-electron chi connectivity index (χ0n) is 12.7. The molecule has 1 unspecified atom stereocenters. The SMILES string of the molecule is O=C(Nc1nc(-c2cccc(C(F)(F)F)c2)cs1)C1CCS(=O)(=O)C1. The Hall–Kier alpha value is -1.94. The Morgan fingerprint density at radius 3 is 2.72 bits per heavy atom. The fraction of sp³-hybridized carbons (Fsp3) is 0.333. The van der Waals surface area contributed by atoms with Gasteiger partial charge in [-0.2, -0.15) is 13.2 Å². The number of halogens is 3. The molecule has 134 valence electrons. The molecule has 3 rings (SSSR count). The highest BCUT2D eigenvalue weighted by Crippen LogP contribution is 2.33. The molecule has 2 heterocycles. The molecule has 0 saturated carbocycles. The van der Waals surface area contributed by atoms with Crippen LogP contribution in [0.25, 0.3) is 11.3 Å². The number of hydrogen-bond donors (Lipinski definition) is 1. The standard InChI is InChI=1S/C15H13F3N2O3S2/c16-15(17,18)11-3-1-2-9(6-11)12-7-24-14(19-12)20-13(21)10-4-5-25(22,23)8-10/h1-3,6-7,10H,4-5,8H2,(H,19,20,21). The smallest absolute Gasteiger partial charge is 0.302 e. The van der Waals surface area contributed by atoms with Crippen molar-refractivity contribution in [3.8, 4) is 11.3 Å². The van der Waals surface area contributed by atoms with Gasteiger partial charge in [0.25, 0.3) is 0 Å². The normalized spacial score (nSPS) is 19.7. The highest BCUT2D eigenvalue weighted by Gasteiger charge is 2.33. The van der Waals surface area contributed by atoms with E-state index < -0.39 is 33.4 Å². The van der Waals surface area contributed by atoms with Crippen LogP contribution in [0.15, 0.2) is 29.6 Å². The van der Waals surface area contributed by atoms with E-state index in [0.717, 1.165) is 23.5 Å². The second kappa shape index (κ2) is 6.41. The molecule has 1 aliphatic heterocycles. The van der Waals surface area contributed by atoms with Gasteiger partial charge in [-0.05, 0) is 18.6 Å². The summed E-state index contributed by atoms with van der Waals surface area (Å²) >= 11 is 1.07. The molecular formula is C15H13F3N2O3S2. The lowest BCUT2D eigenvalue weighted by Gasteiger charge is -2.07. The average molecular weight is 390 g/mol. The van der Waals surface area contributed by atoms with Crippen molar-refractivity contribution in [1.29, 1.82) is 0 Å². The number of rotatable bonds is 3.